The largest absolute Gasteiger partial charge is 0.394 e. The molecule has 2 atom stereocenters. The molecule has 1 heterocycles. The molecule has 5 nitrogen and oxygen atoms in total. The van der Waals surface area contributed by atoms with Crippen LogP contribution in [0.4, 0.5) is 0 Å². The van der Waals surface area contributed by atoms with Gasteiger partial charge in [-0.05, 0) is 30.8 Å². The fourth-order valence-electron chi connectivity index (χ4n) is 2.14. The van der Waals surface area contributed by atoms with Crippen LogP contribution in [0.3, 0.4) is 0 Å². The van der Waals surface area contributed by atoms with Gasteiger partial charge in [-0.1, -0.05) is 18.2 Å². The predicted octanol–water partition coefficient (Wildman–Crippen LogP) is 0.129. The summed E-state index contributed by atoms with van der Waals surface area (Å²) in [5.41, 5.74) is 0.519. The van der Waals surface area contributed by atoms with Crippen LogP contribution in [0.1, 0.15) is 16.8 Å². The molecule has 0 aromatic heterocycles. The first-order valence-electron chi connectivity index (χ1n) is 6.07. The van der Waals surface area contributed by atoms with Crippen LogP contribution >= 0.6 is 12.2 Å². The van der Waals surface area contributed by atoms with E-state index in [-0.39, 0.29) is 23.7 Å². The molecule has 1 aromatic carbocycles. The molecule has 1 aliphatic rings. The van der Waals surface area contributed by atoms with Crippen LogP contribution in [-0.2, 0) is 0 Å². The molecule has 1 amide bonds. The van der Waals surface area contributed by atoms with Gasteiger partial charge >= 0.3 is 0 Å². The number of hydrogen-bond acceptors (Lipinski definition) is 4. The van der Waals surface area contributed by atoms with Gasteiger partial charge in [0, 0.05) is 12.1 Å². The van der Waals surface area contributed by atoms with Crippen LogP contribution in [0.2, 0.25) is 0 Å². The van der Waals surface area contributed by atoms with E-state index in [1.54, 1.807) is 29.2 Å². The molecule has 102 valence electrons. The Hall–Kier alpha value is -1.50. The number of aliphatic hydroxyl groups excluding tert-OH is 2. The maximum atomic E-state index is 11.9. The normalized spacial score (nSPS) is 22.3. The molecule has 2 rings (SSSR count). The SMILES string of the molecule is O=C(NC(=S)N1C[C@@H](O)C[C@@H]1CO)c1ccccc1. The number of β-amino-alcohol motifs (C(OH)–C–C–N with tert-alkyl or cyclic N) is 1. The Morgan fingerprint density at radius 3 is 2.74 bits per heavy atom. The van der Waals surface area contributed by atoms with Crippen LogP contribution < -0.4 is 5.32 Å². The summed E-state index contributed by atoms with van der Waals surface area (Å²) in [6.07, 6.45) is -0.0681. The summed E-state index contributed by atoms with van der Waals surface area (Å²) < 4.78 is 0. The van der Waals surface area contributed by atoms with Crippen molar-refractivity contribution in [2.45, 2.75) is 18.6 Å². The number of thiocarbonyl (C=S) groups is 1. The van der Waals surface area contributed by atoms with E-state index in [4.69, 9.17) is 12.2 Å². The molecular formula is C13H16N2O3S. The van der Waals surface area contributed by atoms with Crippen molar-refractivity contribution in [2.24, 2.45) is 0 Å². The third-order valence-corrected chi connectivity index (χ3v) is 3.46. The van der Waals surface area contributed by atoms with Crippen LogP contribution in [0.5, 0.6) is 0 Å². The van der Waals surface area contributed by atoms with Crippen LogP contribution in [0.15, 0.2) is 30.3 Å². The van der Waals surface area contributed by atoms with Gasteiger partial charge in [0.1, 0.15) is 0 Å². The van der Waals surface area contributed by atoms with Crippen molar-refractivity contribution in [3.8, 4) is 0 Å². The van der Waals surface area contributed by atoms with Crippen molar-refractivity contribution >= 4 is 23.2 Å². The molecule has 1 aromatic rings. The highest BCUT2D eigenvalue weighted by atomic mass is 32.1. The van der Waals surface area contributed by atoms with Crippen molar-refractivity contribution in [3.05, 3.63) is 35.9 Å². The molecule has 6 heteroatoms. The van der Waals surface area contributed by atoms with Crippen LogP contribution in [-0.4, -0.2) is 51.4 Å². The maximum Gasteiger partial charge on any atom is 0.257 e. The Morgan fingerprint density at radius 2 is 2.11 bits per heavy atom. The standard InChI is InChI=1S/C13H16N2O3S/c16-8-10-6-11(17)7-15(10)13(19)14-12(18)9-4-2-1-3-5-9/h1-5,10-11,16-17H,6-8H2,(H,14,18,19)/t10-,11+/m1/s1. The van der Waals surface area contributed by atoms with Crippen molar-refractivity contribution in [3.63, 3.8) is 0 Å². The van der Waals surface area contributed by atoms with E-state index in [2.05, 4.69) is 5.32 Å². The Kier molecular flexibility index (Phi) is 4.47. The highest BCUT2D eigenvalue weighted by Crippen LogP contribution is 2.17. The lowest BCUT2D eigenvalue weighted by Gasteiger charge is -2.25. The number of nitrogens with zero attached hydrogens (tertiary/aromatic N) is 1. The van der Waals surface area contributed by atoms with Crippen LogP contribution in [0.25, 0.3) is 0 Å². The molecule has 1 aliphatic heterocycles. The quantitative estimate of drug-likeness (QED) is 0.672. The van der Waals surface area contributed by atoms with Gasteiger partial charge in [-0.2, -0.15) is 0 Å². The van der Waals surface area contributed by atoms with E-state index < -0.39 is 6.10 Å². The lowest BCUT2D eigenvalue weighted by Crippen LogP contribution is -2.46. The fourth-order valence-corrected chi connectivity index (χ4v) is 2.46. The van der Waals surface area contributed by atoms with Gasteiger partial charge in [0.05, 0.1) is 18.8 Å². The van der Waals surface area contributed by atoms with Gasteiger partial charge in [-0.25, -0.2) is 0 Å². The predicted molar refractivity (Wildman–Crippen MR) is 74.7 cm³/mol. The van der Waals surface area contributed by atoms with Gasteiger partial charge in [-0.3, -0.25) is 10.1 Å². The number of benzene rings is 1. The molecule has 0 unspecified atom stereocenters. The second-order valence-corrected chi connectivity index (χ2v) is 4.89. The number of amides is 1. The third-order valence-electron chi connectivity index (χ3n) is 3.12. The summed E-state index contributed by atoms with van der Waals surface area (Å²) in [6, 6.07) is 8.52. The summed E-state index contributed by atoms with van der Waals surface area (Å²) >= 11 is 5.16. The molecule has 0 spiro atoms. The molecule has 19 heavy (non-hydrogen) atoms. The number of carbonyl (C=O) groups excluding carboxylic acids is 1. The third kappa shape index (κ3) is 3.28. The van der Waals surface area contributed by atoms with E-state index in [9.17, 15) is 15.0 Å². The van der Waals surface area contributed by atoms with Gasteiger partial charge in [0.25, 0.3) is 5.91 Å². The molecular weight excluding hydrogens is 264 g/mol. The van der Waals surface area contributed by atoms with Gasteiger partial charge < -0.3 is 15.1 Å². The Morgan fingerprint density at radius 1 is 1.42 bits per heavy atom. The summed E-state index contributed by atoms with van der Waals surface area (Å²) in [6.45, 7) is 0.234. The minimum atomic E-state index is -0.524. The number of rotatable bonds is 2. The van der Waals surface area contributed by atoms with Gasteiger partial charge in [0.2, 0.25) is 0 Å². The summed E-state index contributed by atoms with van der Waals surface area (Å²) in [5.74, 6) is -0.288. The summed E-state index contributed by atoms with van der Waals surface area (Å²) in [4.78, 5) is 13.6. The zero-order chi connectivity index (χ0) is 13.8. The molecule has 3 N–H and O–H groups in total. The highest BCUT2D eigenvalue weighted by Gasteiger charge is 2.32. The van der Waals surface area contributed by atoms with E-state index in [1.807, 2.05) is 6.07 Å². The summed E-state index contributed by atoms with van der Waals surface area (Å²) in [7, 11) is 0. The molecule has 0 bridgehead atoms. The lowest BCUT2D eigenvalue weighted by atomic mass is 10.2. The monoisotopic (exact) mass is 280 g/mol. The molecule has 1 fully saturated rings. The highest BCUT2D eigenvalue weighted by molar-refractivity contribution is 7.80. The van der Waals surface area contributed by atoms with Crippen molar-refractivity contribution in [2.75, 3.05) is 13.2 Å². The van der Waals surface area contributed by atoms with Crippen molar-refractivity contribution < 1.29 is 15.0 Å². The number of aliphatic hydroxyl groups is 2. The van der Waals surface area contributed by atoms with E-state index in [1.165, 1.54) is 0 Å². The number of nitrogens with one attached hydrogen (secondary N) is 1. The summed E-state index contributed by atoms with van der Waals surface area (Å²) in [5, 5.41) is 21.7. The lowest BCUT2D eigenvalue weighted by molar-refractivity contribution is 0.0970. The average molecular weight is 280 g/mol. The smallest absolute Gasteiger partial charge is 0.257 e. The van der Waals surface area contributed by atoms with Crippen molar-refractivity contribution in [1.82, 2.24) is 10.2 Å². The Labute approximate surface area is 116 Å². The first-order valence-corrected chi connectivity index (χ1v) is 6.48. The average Bonchev–Trinajstić information content (AvgIpc) is 2.81. The zero-order valence-corrected chi connectivity index (χ0v) is 11.1. The second kappa shape index (κ2) is 6.10. The fraction of sp³-hybridized carbons (Fsp3) is 0.385. The Balaban J connectivity index is 1.99. The second-order valence-electron chi connectivity index (χ2n) is 4.50. The van der Waals surface area contributed by atoms with Crippen molar-refractivity contribution in [1.29, 1.82) is 0 Å². The number of likely N-dealkylation sites (tertiary alicyclic amines) is 1. The first kappa shape index (κ1) is 13.9. The maximum absolute atomic E-state index is 11.9. The molecule has 0 aliphatic carbocycles. The van der Waals surface area contributed by atoms with E-state index in [0.29, 0.717) is 18.5 Å². The Bertz CT molecular complexity index is 466. The zero-order valence-electron chi connectivity index (χ0n) is 10.3. The van der Waals surface area contributed by atoms with E-state index in [0.717, 1.165) is 0 Å². The van der Waals surface area contributed by atoms with Crippen LogP contribution in [0, 0.1) is 0 Å². The number of carbonyl (C=O) groups is 1. The van der Waals surface area contributed by atoms with E-state index >= 15 is 0 Å². The molecule has 1 saturated heterocycles. The minimum absolute atomic E-state index is 0.0988. The first-order chi connectivity index (χ1) is 9.11. The van der Waals surface area contributed by atoms with Gasteiger partial charge in [-0.15, -0.1) is 0 Å². The van der Waals surface area contributed by atoms with Gasteiger partial charge in [0.15, 0.2) is 5.11 Å². The topological polar surface area (TPSA) is 72.8 Å². The molecule has 0 saturated carbocycles. The molecule has 0 radical (unpaired) electrons. The number of hydrogen-bond donors (Lipinski definition) is 3. The minimum Gasteiger partial charge on any atom is -0.394 e.